The molecule has 0 saturated heterocycles. The Morgan fingerprint density at radius 3 is 2.35 bits per heavy atom. The zero-order valence-corrected chi connectivity index (χ0v) is 22.9. The van der Waals surface area contributed by atoms with Gasteiger partial charge in [-0.15, -0.1) is 0 Å². The number of carbonyl (C=O) groups is 1. The lowest BCUT2D eigenvalue weighted by molar-refractivity contribution is 0.0954. The third kappa shape index (κ3) is 7.19. The Labute approximate surface area is 223 Å². The number of carbonyl (C=O) groups excluding carboxylic acids is 1. The highest BCUT2D eigenvalue weighted by atomic mass is 79.9. The molecule has 0 spiro atoms. The fourth-order valence-corrected chi connectivity index (χ4v) is 4.55. The molecule has 0 aliphatic carbocycles. The molecule has 0 aliphatic rings. The van der Waals surface area contributed by atoms with Crippen LogP contribution >= 0.6 is 47.8 Å². The van der Waals surface area contributed by atoms with Gasteiger partial charge in [0.25, 0.3) is 5.91 Å². The molecular formula is C25H21Br3N2O4. The highest BCUT2D eigenvalue weighted by Gasteiger charge is 2.12. The maximum absolute atomic E-state index is 12.5. The summed E-state index contributed by atoms with van der Waals surface area (Å²) in [5.74, 6) is 1.28. The van der Waals surface area contributed by atoms with Gasteiger partial charge in [-0.05, 0) is 85.5 Å². The topological polar surface area (TPSA) is 69.2 Å². The van der Waals surface area contributed by atoms with Crippen LogP contribution in [0.2, 0.25) is 0 Å². The predicted molar refractivity (Wildman–Crippen MR) is 144 cm³/mol. The lowest BCUT2D eigenvalue weighted by Gasteiger charge is -2.11. The van der Waals surface area contributed by atoms with Crippen LogP contribution in [0.4, 0.5) is 0 Å². The minimum atomic E-state index is -0.377. The summed E-state index contributed by atoms with van der Waals surface area (Å²) in [7, 11) is 1.51. The van der Waals surface area contributed by atoms with Gasteiger partial charge in [0.05, 0.1) is 22.3 Å². The van der Waals surface area contributed by atoms with Crippen LogP contribution < -0.4 is 19.6 Å². The second-order valence-electron chi connectivity index (χ2n) is 6.89. The van der Waals surface area contributed by atoms with Crippen molar-refractivity contribution in [1.82, 2.24) is 5.43 Å². The van der Waals surface area contributed by atoms with E-state index in [9.17, 15) is 4.79 Å². The average molecular weight is 653 g/mol. The van der Waals surface area contributed by atoms with Gasteiger partial charge in [0.15, 0.2) is 11.5 Å². The van der Waals surface area contributed by atoms with Crippen LogP contribution in [0.1, 0.15) is 21.5 Å². The SMILES string of the molecule is C=CCOc1ccc(C(=O)N/N=C/c2cc(Br)c(OCc3ccc(Br)cc3)c(Br)c2)cc1OC. The summed E-state index contributed by atoms with van der Waals surface area (Å²) >= 11 is 10.5. The van der Waals surface area contributed by atoms with Crippen LogP contribution in [-0.2, 0) is 6.61 Å². The summed E-state index contributed by atoms with van der Waals surface area (Å²) in [4.78, 5) is 12.5. The summed E-state index contributed by atoms with van der Waals surface area (Å²) in [5.41, 5.74) is 4.72. The summed E-state index contributed by atoms with van der Waals surface area (Å²) < 4.78 is 19.3. The number of amides is 1. The van der Waals surface area contributed by atoms with E-state index in [1.54, 1.807) is 30.5 Å². The van der Waals surface area contributed by atoms with E-state index in [1.165, 1.54) is 7.11 Å². The molecule has 3 aromatic carbocycles. The number of ether oxygens (including phenoxy) is 3. The lowest BCUT2D eigenvalue weighted by Crippen LogP contribution is -2.17. The van der Waals surface area contributed by atoms with Gasteiger partial charge in [-0.25, -0.2) is 5.43 Å². The molecule has 0 unspecified atom stereocenters. The van der Waals surface area contributed by atoms with E-state index < -0.39 is 0 Å². The monoisotopic (exact) mass is 650 g/mol. The Morgan fingerprint density at radius 2 is 1.71 bits per heavy atom. The molecule has 9 heteroatoms. The van der Waals surface area contributed by atoms with Crippen LogP contribution in [0.5, 0.6) is 17.2 Å². The quantitative estimate of drug-likeness (QED) is 0.147. The second-order valence-corrected chi connectivity index (χ2v) is 9.52. The number of hydrogen-bond donors (Lipinski definition) is 1. The van der Waals surface area contributed by atoms with E-state index in [1.807, 2.05) is 36.4 Å². The van der Waals surface area contributed by atoms with Crippen molar-refractivity contribution >= 4 is 59.9 Å². The Bertz CT molecular complexity index is 1170. The first-order valence-electron chi connectivity index (χ1n) is 10.0. The van der Waals surface area contributed by atoms with E-state index in [0.717, 1.165) is 24.5 Å². The normalized spacial score (nSPS) is 10.7. The molecule has 0 aliphatic heterocycles. The van der Waals surface area contributed by atoms with Crippen LogP contribution in [-0.4, -0.2) is 25.8 Å². The summed E-state index contributed by atoms with van der Waals surface area (Å²) in [5, 5.41) is 4.06. The number of methoxy groups -OCH3 is 1. The fraction of sp³-hybridized carbons (Fsp3) is 0.120. The summed E-state index contributed by atoms with van der Waals surface area (Å²) in [6, 6.07) is 16.5. The van der Waals surface area contributed by atoms with Crippen LogP contribution in [0, 0.1) is 0 Å². The van der Waals surface area contributed by atoms with Gasteiger partial charge in [0.1, 0.15) is 19.0 Å². The second kappa shape index (κ2) is 12.7. The van der Waals surface area contributed by atoms with Crippen LogP contribution in [0.25, 0.3) is 0 Å². The predicted octanol–water partition coefficient (Wildman–Crippen LogP) is 6.89. The Morgan fingerprint density at radius 1 is 1.00 bits per heavy atom. The lowest BCUT2D eigenvalue weighted by atomic mass is 10.2. The molecule has 0 atom stereocenters. The maximum Gasteiger partial charge on any atom is 0.271 e. The number of hydrazone groups is 1. The number of halogens is 3. The van der Waals surface area contributed by atoms with Crippen molar-refractivity contribution in [3.05, 3.63) is 97.4 Å². The Balaban J connectivity index is 1.63. The standard InChI is InChI=1S/C25H21Br3N2O4/c1-3-10-33-22-9-6-18(13-23(22)32-2)25(31)30-29-14-17-11-20(27)24(21(28)12-17)34-15-16-4-7-19(26)8-5-16/h3-9,11-14H,1,10,15H2,2H3,(H,30,31)/b29-14+. The van der Waals surface area contributed by atoms with Gasteiger partial charge in [-0.3, -0.25) is 4.79 Å². The van der Waals surface area contributed by atoms with E-state index in [0.29, 0.717) is 36.0 Å². The van der Waals surface area contributed by atoms with E-state index >= 15 is 0 Å². The molecule has 1 amide bonds. The van der Waals surface area contributed by atoms with E-state index in [4.69, 9.17) is 14.2 Å². The third-order valence-corrected chi connectivity index (χ3v) is 6.19. The molecule has 0 fully saturated rings. The smallest absolute Gasteiger partial charge is 0.271 e. The molecule has 3 rings (SSSR count). The van der Waals surface area contributed by atoms with Crippen molar-refractivity contribution in [3.63, 3.8) is 0 Å². The minimum absolute atomic E-state index is 0.339. The summed E-state index contributed by atoms with van der Waals surface area (Å²) in [6.45, 7) is 4.38. The first kappa shape index (κ1) is 26.0. The zero-order valence-electron chi connectivity index (χ0n) is 18.2. The maximum atomic E-state index is 12.5. The molecule has 0 heterocycles. The van der Waals surface area contributed by atoms with Gasteiger partial charge in [0, 0.05) is 10.0 Å². The van der Waals surface area contributed by atoms with Crippen molar-refractivity contribution in [2.45, 2.75) is 6.61 Å². The van der Waals surface area contributed by atoms with Gasteiger partial charge in [0.2, 0.25) is 0 Å². The highest BCUT2D eigenvalue weighted by Crippen LogP contribution is 2.35. The number of nitrogens with one attached hydrogen (secondary N) is 1. The minimum Gasteiger partial charge on any atom is -0.493 e. The van der Waals surface area contributed by atoms with E-state index in [-0.39, 0.29) is 5.91 Å². The van der Waals surface area contributed by atoms with Crippen LogP contribution in [0.15, 0.2) is 85.8 Å². The molecule has 3 aromatic rings. The van der Waals surface area contributed by atoms with Crippen molar-refractivity contribution in [2.24, 2.45) is 5.10 Å². The average Bonchev–Trinajstić information content (AvgIpc) is 2.83. The molecule has 176 valence electrons. The highest BCUT2D eigenvalue weighted by molar-refractivity contribution is 9.11. The van der Waals surface area contributed by atoms with E-state index in [2.05, 4.69) is 64.9 Å². The van der Waals surface area contributed by atoms with Gasteiger partial charge in [-0.2, -0.15) is 5.10 Å². The summed E-state index contributed by atoms with van der Waals surface area (Å²) in [6.07, 6.45) is 3.18. The molecular weight excluding hydrogens is 632 g/mol. The fourth-order valence-electron chi connectivity index (χ4n) is 2.83. The van der Waals surface area contributed by atoms with Crippen molar-refractivity contribution < 1.29 is 19.0 Å². The first-order valence-corrected chi connectivity index (χ1v) is 12.4. The number of hydrogen-bond acceptors (Lipinski definition) is 5. The number of benzene rings is 3. The largest absolute Gasteiger partial charge is 0.493 e. The molecule has 0 saturated carbocycles. The van der Waals surface area contributed by atoms with Gasteiger partial charge < -0.3 is 14.2 Å². The van der Waals surface area contributed by atoms with Crippen molar-refractivity contribution in [2.75, 3.05) is 13.7 Å². The number of nitrogens with zero attached hydrogens (tertiary/aromatic N) is 1. The molecule has 0 bridgehead atoms. The molecule has 34 heavy (non-hydrogen) atoms. The van der Waals surface area contributed by atoms with Gasteiger partial charge in [-0.1, -0.05) is 40.7 Å². The number of rotatable bonds is 10. The third-order valence-electron chi connectivity index (χ3n) is 4.48. The van der Waals surface area contributed by atoms with Crippen LogP contribution in [0.3, 0.4) is 0 Å². The Hall–Kier alpha value is -2.62. The molecule has 1 N–H and O–H groups in total. The molecule has 6 nitrogen and oxygen atoms in total. The Kier molecular flexibility index (Phi) is 9.74. The zero-order chi connectivity index (χ0) is 24.5. The first-order chi connectivity index (χ1) is 16.4. The van der Waals surface area contributed by atoms with Crippen molar-refractivity contribution in [1.29, 1.82) is 0 Å². The molecule has 0 radical (unpaired) electrons. The van der Waals surface area contributed by atoms with Crippen molar-refractivity contribution in [3.8, 4) is 17.2 Å². The molecule has 0 aromatic heterocycles. The van der Waals surface area contributed by atoms with Gasteiger partial charge >= 0.3 is 0 Å².